The molecular formula is C11H15NO4S2. The summed E-state index contributed by atoms with van der Waals surface area (Å²) in [4.78, 5) is 23.4. The standard InChI is InChI=1S/C11H15NO4S2/c13-4-3-9(11(15)16)12-10(14)7-17-6-8-2-1-5-18-8/h1-2,5,9,13H,3-4,6-7H2,(H,12,14)(H,15,16)/t9-/m1/s1. The minimum absolute atomic E-state index is 0.0245. The molecule has 1 amide bonds. The summed E-state index contributed by atoms with van der Waals surface area (Å²) >= 11 is 3.06. The summed E-state index contributed by atoms with van der Waals surface area (Å²) in [5, 5.41) is 21.8. The zero-order chi connectivity index (χ0) is 13.4. The average Bonchev–Trinajstić information content (AvgIpc) is 2.81. The molecule has 1 aromatic heterocycles. The lowest BCUT2D eigenvalue weighted by Crippen LogP contribution is -2.42. The number of thiophene rings is 1. The Labute approximate surface area is 113 Å². The first-order valence-corrected chi connectivity index (χ1v) is 7.40. The highest BCUT2D eigenvalue weighted by Crippen LogP contribution is 2.16. The van der Waals surface area contributed by atoms with Crippen LogP contribution in [0.5, 0.6) is 0 Å². The van der Waals surface area contributed by atoms with Crippen molar-refractivity contribution in [3.63, 3.8) is 0 Å². The summed E-state index contributed by atoms with van der Waals surface area (Å²) in [6.07, 6.45) is 0.0245. The summed E-state index contributed by atoms with van der Waals surface area (Å²) in [5.41, 5.74) is 0. The molecule has 0 aromatic carbocycles. The van der Waals surface area contributed by atoms with E-state index < -0.39 is 12.0 Å². The smallest absolute Gasteiger partial charge is 0.326 e. The maximum absolute atomic E-state index is 11.5. The molecule has 1 heterocycles. The normalized spacial score (nSPS) is 12.1. The quantitative estimate of drug-likeness (QED) is 0.663. The molecule has 0 saturated carbocycles. The highest BCUT2D eigenvalue weighted by atomic mass is 32.2. The Bertz CT molecular complexity index is 380. The van der Waals surface area contributed by atoms with Gasteiger partial charge in [-0.25, -0.2) is 4.79 Å². The summed E-state index contributed by atoms with van der Waals surface area (Å²) < 4.78 is 0. The molecule has 0 aliphatic heterocycles. The lowest BCUT2D eigenvalue weighted by molar-refractivity contribution is -0.141. The molecule has 0 saturated heterocycles. The lowest BCUT2D eigenvalue weighted by Gasteiger charge is -2.12. The third-order valence-corrected chi connectivity index (χ3v) is 4.15. The number of carboxylic acid groups (broad SMARTS) is 1. The fraction of sp³-hybridized carbons (Fsp3) is 0.455. The van der Waals surface area contributed by atoms with E-state index in [4.69, 9.17) is 10.2 Å². The molecule has 1 atom stereocenters. The van der Waals surface area contributed by atoms with Crippen molar-refractivity contribution < 1.29 is 19.8 Å². The van der Waals surface area contributed by atoms with Crippen LogP contribution in [0, 0.1) is 0 Å². The van der Waals surface area contributed by atoms with Crippen molar-refractivity contribution in [3.05, 3.63) is 22.4 Å². The van der Waals surface area contributed by atoms with E-state index >= 15 is 0 Å². The van der Waals surface area contributed by atoms with Gasteiger partial charge in [-0.1, -0.05) is 6.07 Å². The zero-order valence-electron chi connectivity index (χ0n) is 9.67. The number of nitrogens with one attached hydrogen (secondary N) is 1. The zero-order valence-corrected chi connectivity index (χ0v) is 11.3. The van der Waals surface area contributed by atoms with Gasteiger partial charge in [0, 0.05) is 23.7 Å². The van der Waals surface area contributed by atoms with Gasteiger partial charge >= 0.3 is 5.97 Å². The average molecular weight is 289 g/mol. The third-order valence-electron chi connectivity index (χ3n) is 2.11. The Hall–Kier alpha value is -1.05. The van der Waals surface area contributed by atoms with Crippen molar-refractivity contribution >= 4 is 35.0 Å². The number of aliphatic hydroxyl groups excluding tert-OH is 1. The van der Waals surface area contributed by atoms with Crippen LogP contribution in [-0.4, -0.2) is 40.5 Å². The van der Waals surface area contributed by atoms with Crippen LogP contribution in [0.1, 0.15) is 11.3 Å². The number of thioether (sulfide) groups is 1. The molecule has 0 bridgehead atoms. The van der Waals surface area contributed by atoms with Gasteiger partial charge in [-0.3, -0.25) is 4.79 Å². The minimum atomic E-state index is -1.12. The van der Waals surface area contributed by atoms with E-state index in [9.17, 15) is 9.59 Å². The van der Waals surface area contributed by atoms with Gasteiger partial charge in [0.25, 0.3) is 0 Å². The number of amides is 1. The van der Waals surface area contributed by atoms with Crippen molar-refractivity contribution in [1.82, 2.24) is 5.32 Å². The van der Waals surface area contributed by atoms with Crippen molar-refractivity contribution in [2.75, 3.05) is 12.4 Å². The Morgan fingerprint density at radius 3 is 2.83 bits per heavy atom. The van der Waals surface area contributed by atoms with E-state index in [0.29, 0.717) is 0 Å². The second-order valence-electron chi connectivity index (χ2n) is 3.54. The maximum atomic E-state index is 11.5. The van der Waals surface area contributed by atoms with Gasteiger partial charge < -0.3 is 15.5 Å². The number of carbonyl (C=O) groups excluding carboxylic acids is 1. The summed E-state index contributed by atoms with van der Waals surface area (Å²) in [6.45, 7) is -0.264. The van der Waals surface area contributed by atoms with E-state index in [2.05, 4.69) is 5.32 Å². The van der Waals surface area contributed by atoms with Crippen LogP contribution in [0.3, 0.4) is 0 Å². The van der Waals surface area contributed by atoms with Gasteiger partial charge in [0.2, 0.25) is 5.91 Å². The predicted octanol–water partition coefficient (Wildman–Crippen LogP) is 0.933. The molecule has 5 nitrogen and oxygen atoms in total. The predicted molar refractivity (Wildman–Crippen MR) is 71.8 cm³/mol. The highest BCUT2D eigenvalue weighted by Gasteiger charge is 2.18. The number of rotatable bonds is 8. The molecule has 0 radical (unpaired) electrons. The van der Waals surface area contributed by atoms with E-state index in [1.807, 2.05) is 17.5 Å². The molecule has 0 aliphatic carbocycles. The van der Waals surface area contributed by atoms with Gasteiger partial charge in [-0.15, -0.1) is 23.1 Å². The first-order valence-electron chi connectivity index (χ1n) is 5.36. The molecule has 3 N–H and O–H groups in total. The van der Waals surface area contributed by atoms with Crippen LogP contribution in [-0.2, 0) is 15.3 Å². The number of aliphatic hydroxyl groups is 1. The lowest BCUT2D eigenvalue weighted by atomic mass is 10.2. The molecule has 18 heavy (non-hydrogen) atoms. The van der Waals surface area contributed by atoms with Crippen molar-refractivity contribution in [1.29, 1.82) is 0 Å². The topological polar surface area (TPSA) is 86.6 Å². The summed E-state index contributed by atoms with van der Waals surface area (Å²) in [7, 11) is 0. The Morgan fingerprint density at radius 1 is 1.50 bits per heavy atom. The highest BCUT2D eigenvalue weighted by molar-refractivity contribution is 7.99. The molecule has 0 aliphatic rings. The van der Waals surface area contributed by atoms with Gasteiger partial charge in [-0.2, -0.15) is 0 Å². The van der Waals surface area contributed by atoms with Crippen LogP contribution in [0.2, 0.25) is 0 Å². The maximum Gasteiger partial charge on any atom is 0.326 e. The van der Waals surface area contributed by atoms with Gasteiger partial charge in [-0.05, 0) is 11.4 Å². The Kier molecular flexibility index (Phi) is 6.77. The van der Waals surface area contributed by atoms with Crippen molar-refractivity contribution in [2.45, 2.75) is 18.2 Å². The second kappa shape index (κ2) is 8.12. The number of aliphatic carboxylic acids is 1. The van der Waals surface area contributed by atoms with Crippen LogP contribution in [0.4, 0.5) is 0 Å². The SMILES string of the molecule is O=C(CSCc1cccs1)N[C@H](CCO)C(=O)O. The van der Waals surface area contributed by atoms with E-state index in [1.165, 1.54) is 16.6 Å². The molecule has 0 unspecified atom stereocenters. The van der Waals surface area contributed by atoms with Gasteiger partial charge in [0.15, 0.2) is 0 Å². The number of carboxylic acids is 1. The largest absolute Gasteiger partial charge is 0.480 e. The van der Waals surface area contributed by atoms with Crippen molar-refractivity contribution in [2.24, 2.45) is 0 Å². The molecular weight excluding hydrogens is 274 g/mol. The Balaban J connectivity index is 2.25. The monoisotopic (exact) mass is 289 g/mol. The number of hydrogen-bond donors (Lipinski definition) is 3. The third kappa shape index (κ3) is 5.52. The van der Waals surface area contributed by atoms with Crippen molar-refractivity contribution in [3.8, 4) is 0 Å². The Morgan fingerprint density at radius 2 is 2.28 bits per heavy atom. The van der Waals surface area contributed by atoms with Crippen LogP contribution in [0.25, 0.3) is 0 Å². The fourth-order valence-electron chi connectivity index (χ4n) is 1.26. The molecule has 0 fully saturated rings. The van der Waals surface area contributed by atoms with Gasteiger partial charge in [0.05, 0.1) is 5.75 Å². The number of hydrogen-bond acceptors (Lipinski definition) is 5. The van der Waals surface area contributed by atoms with E-state index in [0.717, 1.165) is 5.75 Å². The molecule has 0 spiro atoms. The summed E-state index contributed by atoms with van der Waals surface area (Å²) in [5.74, 6) is -0.492. The first-order chi connectivity index (χ1) is 8.63. The first kappa shape index (κ1) is 15.0. The van der Waals surface area contributed by atoms with E-state index in [1.54, 1.807) is 11.3 Å². The second-order valence-corrected chi connectivity index (χ2v) is 5.56. The molecule has 1 aromatic rings. The minimum Gasteiger partial charge on any atom is -0.480 e. The molecule has 100 valence electrons. The number of carbonyl (C=O) groups is 2. The molecule has 7 heteroatoms. The van der Waals surface area contributed by atoms with Crippen LogP contribution in [0.15, 0.2) is 17.5 Å². The van der Waals surface area contributed by atoms with E-state index in [-0.39, 0.29) is 24.7 Å². The van der Waals surface area contributed by atoms with Crippen LogP contribution < -0.4 is 5.32 Å². The summed E-state index contributed by atoms with van der Waals surface area (Å²) in [6, 6.07) is 2.92. The molecule has 1 rings (SSSR count). The fourth-order valence-corrected chi connectivity index (χ4v) is 2.94. The van der Waals surface area contributed by atoms with Gasteiger partial charge in [0.1, 0.15) is 6.04 Å². The van der Waals surface area contributed by atoms with Crippen LogP contribution >= 0.6 is 23.1 Å².